The number of aliphatic hydroxyl groups is 1. The van der Waals surface area contributed by atoms with E-state index in [4.69, 9.17) is 11.6 Å². The summed E-state index contributed by atoms with van der Waals surface area (Å²) in [6.07, 6.45) is 1.92. The molecule has 1 aliphatic rings. The topological polar surface area (TPSA) is 36.4 Å². The van der Waals surface area contributed by atoms with Gasteiger partial charge in [-0.2, -0.15) is 0 Å². The molecule has 1 saturated heterocycles. The number of aliphatic hydroxyl groups excluding tert-OH is 1. The molecule has 0 aliphatic carbocycles. The molecule has 20 heavy (non-hydrogen) atoms. The van der Waals surface area contributed by atoms with Crippen LogP contribution in [0.3, 0.4) is 0 Å². The van der Waals surface area contributed by atoms with Gasteiger partial charge in [-0.25, -0.2) is 0 Å². The van der Waals surface area contributed by atoms with E-state index in [0.29, 0.717) is 11.8 Å². The van der Waals surface area contributed by atoms with E-state index in [1.807, 2.05) is 23.8 Å². The number of nitrogens with zero attached hydrogens (tertiary/aromatic N) is 2. The number of benzene rings is 1. The van der Waals surface area contributed by atoms with Crippen molar-refractivity contribution in [2.75, 3.05) is 19.7 Å². The molecule has 0 unspecified atom stereocenters. The second-order valence-electron chi connectivity index (χ2n) is 5.26. The molecule has 3 rings (SSSR count). The minimum atomic E-state index is 0.229. The van der Waals surface area contributed by atoms with Crippen LogP contribution in [0, 0.1) is 5.92 Å². The van der Waals surface area contributed by atoms with Crippen molar-refractivity contribution in [2.24, 2.45) is 5.92 Å². The van der Waals surface area contributed by atoms with E-state index < -0.39 is 0 Å². The third-order valence-electron chi connectivity index (χ3n) is 3.91. The van der Waals surface area contributed by atoms with Gasteiger partial charge in [0, 0.05) is 54.2 Å². The van der Waals surface area contributed by atoms with Gasteiger partial charge in [-0.05, 0) is 17.7 Å². The van der Waals surface area contributed by atoms with Crippen molar-refractivity contribution in [3.8, 4) is 0 Å². The largest absolute Gasteiger partial charge is 0.396 e. The molecule has 0 saturated carbocycles. The summed E-state index contributed by atoms with van der Waals surface area (Å²) in [5, 5.41) is 10.4. The van der Waals surface area contributed by atoms with E-state index in [2.05, 4.69) is 22.0 Å². The first-order chi connectivity index (χ1) is 9.76. The van der Waals surface area contributed by atoms with Gasteiger partial charge >= 0.3 is 0 Å². The summed E-state index contributed by atoms with van der Waals surface area (Å²) in [6, 6.07) is 8.01. The summed E-state index contributed by atoms with van der Waals surface area (Å²) in [5.41, 5.74) is 3.13. The Morgan fingerprint density at radius 2 is 2.10 bits per heavy atom. The molecule has 3 nitrogen and oxygen atoms in total. The lowest BCUT2D eigenvalue weighted by Gasteiger charge is -2.16. The van der Waals surface area contributed by atoms with Gasteiger partial charge in [0.05, 0.1) is 5.51 Å². The highest BCUT2D eigenvalue weighted by Crippen LogP contribution is 2.33. The first-order valence-corrected chi connectivity index (χ1v) is 7.98. The predicted molar refractivity (Wildman–Crippen MR) is 82.2 cm³/mol. The van der Waals surface area contributed by atoms with Gasteiger partial charge < -0.3 is 5.11 Å². The van der Waals surface area contributed by atoms with Crippen LogP contribution in [0.1, 0.15) is 16.4 Å². The normalized spacial score (nSPS) is 23.3. The molecule has 1 fully saturated rings. The fourth-order valence-electron chi connectivity index (χ4n) is 2.90. The number of rotatable bonds is 4. The maximum Gasteiger partial charge on any atom is 0.0794 e. The predicted octanol–water partition coefficient (Wildman–Crippen LogP) is 3.00. The maximum atomic E-state index is 9.63. The number of likely N-dealkylation sites (tertiary alicyclic amines) is 1. The summed E-state index contributed by atoms with van der Waals surface area (Å²) in [5.74, 6) is 0.675. The molecular weight excluding hydrogens is 292 g/mol. The lowest BCUT2D eigenvalue weighted by Crippen LogP contribution is -2.20. The smallest absolute Gasteiger partial charge is 0.0794 e. The Labute approximate surface area is 127 Å². The van der Waals surface area contributed by atoms with Crippen molar-refractivity contribution in [2.45, 2.75) is 12.5 Å². The van der Waals surface area contributed by atoms with Gasteiger partial charge in [-0.15, -0.1) is 11.3 Å². The van der Waals surface area contributed by atoms with Crippen LogP contribution in [-0.2, 0) is 6.54 Å². The Bertz CT molecular complexity index is 544. The fraction of sp³-hybridized carbons (Fsp3) is 0.400. The lowest BCUT2D eigenvalue weighted by atomic mass is 9.90. The first-order valence-electron chi connectivity index (χ1n) is 6.72. The van der Waals surface area contributed by atoms with Gasteiger partial charge in [0.25, 0.3) is 0 Å². The molecule has 5 heteroatoms. The highest BCUT2D eigenvalue weighted by atomic mass is 35.5. The second-order valence-corrected chi connectivity index (χ2v) is 6.67. The molecule has 0 bridgehead atoms. The fourth-order valence-corrected chi connectivity index (χ4v) is 3.66. The third kappa shape index (κ3) is 3.04. The highest BCUT2D eigenvalue weighted by Gasteiger charge is 2.33. The molecule has 2 heterocycles. The van der Waals surface area contributed by atoms with Crippen molar-refractivity contribution < 1.29 is 5.11 Å². The summed E-state index contributed by atoms with van der Waals surface area (Å²) in [4.78, 5) is 7.79. The van der Waals surface area contributed by atoms with Crippen molar-refractivity contribution >= 4 is 22.9 Å². The minimum Gasteiger partial charge on any atom is -0.396 e. The Hall–Kier alpha value is -0.940. The van der Waals surface area contributed by atoms with Gasteiger partial charge in [0.2, 0.25) is 0 Å². The second kappa shape index (κ2) is 6.22. The molecule has 0 radical (unpaired) electrons. The highest BCUT2D eigenvalue weighted by molar-refractivity contribution is 7.09. The Morgan fingerprint density at radius 3 is 2.75 bits per heavy atom. The summed E-state index contributed by atoms with van der Waals surface area (Å²) >= 11 is 7.63. The van der Waals surface area contributed by atoms with Crippen LogP contribution in [-0.4, -0.2) is 34.7 Å². The van der Waals surface area contributed by atoms with Crippen molar-refractivity contribution in [3.05, 3.63) is 51.4 Å². The molecule has 1 aromatic heterocycles. The van der Waals surface area contributed by atoms with Crippen molar-refractivity contribution in [1.29, 1.82) is 0 Å². The van der Waals surface area contributed by atoms with E-state index in [-0.39, 0.29) is 6.61 Å². The SMILES string of the molecule is OC[C@@H]1CN(Cc2cncs2)C[C@H]1c1ccc(Cl)cc1. The van der Waals surface area contributed by atoms with Crippen LogP contribution < -0.4 is 0 Å². The van der Waals surface area contributed by atoms with Gasteiger partial charge in [0.1, 0.15) is 0 Å². The summed E-state index contributed by atoms with van der Waals surface area (Å²) in [7, 11) is 0. The first kappa shape index (κ1) is 14.0. The van der Waals surface area contributed by atoms with Crippen LogP contribution in [0.2, 0.25) is 5.02 Å². The molecule has 2 atom stereocenters. The number of hydrogen-bond donors (Lipinski definition) is 1. The van der Waals surface area contributed by atoms with E-state index in [1.165, 1.54) is 10.4 Å². The van der Waals surface area contributed by atoms with E-state index in [9.17, 15) is 5.11 Å². The summed E-state index contributed by atoms with van der Waals surface area (Å²) < 4.78 is 0. The number of halogens is 1. The quantitative estimate of drug-likeness (QED) is 0.943. The number of aromatic nitrogens is 1. The van der Waals surface area contributed by atoms with Gasteiger partial charge in [-0.3, -0.25) is 9.88 Å². The zero-order valence-electron chi connectivity index (χ0n) is 11.1. The molecular formula is C15H17ClN2OS. The zero-order chi connectivity index (χ0) is 13.9. The Kier molecular flexibility index (Phi) is 4.36. The average molecular weight is 309 g/mol. The van der Waals surface area contributed by atoms with Crippen LogP contribution >= 0.6 is 22.9 Å². The van der Waals surface area contributed by atoms with Crippen LogP contribution in [0.15, 0.2) is 36.0 Å². The van der Waals surface area contributed by atoms with Crippen molar-refractivity contribution in [1.82, 2.24) is 9.88 Å². The standard InChI is InChI=1S/C15H17ClN2OS/c16-13-3-1-11(2-4-13)15-8-18(6-12(15)9-19)7-14-5-17-10-20-14/h1-5,10,12,15,19H,6-9H2/t12-,15-/m0/s1. The zero-order valence-corrected chi connectivity index (χ0v) is 12.6. The molecule has 2 aromatic rings. The maximum absolute atomic E-state index is 9.63. The van der Waals surface area contributed by atoms with Crippen LogP contribution in [0.25, 0.3) is 0 Å². The van der Waals surface area contributed by atoms with Gasteiger partial charge in [0.15, 0.2) is 0 Å². The minimum absolute atomic E-state index is 0.229. The average Bonchev–Trinajstić information content (AvgIpc) is 3.09. The number of hydrogen-bond acceptors (Lipinski definition) is 4. The Balaban J connectivity index is 1.72. The van der Waals surface area contributed by atoms with Crippen LogP contribution in [0.4, 0.5) is 0 Å². The third-order valence-corrected chi connectivity index (χ3v) is 4.93. The molecule has 1 aromatic carbocycles. The van der Waals surface area contributed by atoms with Gasteiger partial charge in [-0.1, -0.05) is 23.7 Å². The van der Waals surface area contributed by atoms with Crippen LogP contribution in [0.5, 0.6) is 0 Å². The van der Waals surface area contributed by atoms with E-state index in [0.717, 1.165) is 24.7 Å². The Morgan fingerprint density at radius 1 is 1.30 bits per heavy atom. The molecule has 1 N–H and O–H groups in total. The monoisotopic (exact) mass is 308 g/mol. The lowest BCUT2D eigenvalue weighted by molar-refractivity contribution is 0.214. The van der Waals surface area contributed by atoms with Crippen molar-refractivity contribution in [3.63, 3.8) is 0 Å². The van der Waals surface area contributed by atoms with E-state index >= 15 is 0 Å². The molecule has 0 amide bonds. The van der Waals surface area contributed by atoms with E-state index in [1.54, 1.807) is 11.3 Å². The molecule has 0 spiro atoms. The number of thiazole rings is 1. The molecule has 106 valence electrons. The molecule has 1 aliphatic heterocycles. The summed E-state index contributed by atoms with van der Waals surface area (Å²) in [6.45, 7) is 3.06.